The predicted octanol–water partition coefficient (Wildman–Crippen LogP) is 10.7. The highest BCUT2D eigenvalue weighted by Gasteiger charge is 2.28. The summed E-state index contributed by atoms with van der Waals surface area (Å²) >= 11 is 18.5. The Hall–Kier alpha value is -6.16. The van der Waals surface area contributed by atoms with Gasteiger partial charge < -0.3 is 33.5 Å². The lowest BCUT2D eigenvalue weighted by Crippen LogP contribution is -2.50. The Morgan fingerprint density at radius 2 is 1.12 bits per heavy atom. The highest BCUT2D eigenvalue weighted by atomic mass is 35.5. The number of halogens is 3. The quantitative estimate of drug-likeness (QED) is 0.0769. The summed E-state index contributed by atoms with van der Waals surface area (Å²) in [7, 11) is 3.17. The Morgan fingerprint density at radius 1 is 0.625 bits per heavy atom. The first-order chi connectivity index (χ1) is 30.9. The standard InChI is InChI=1S/C28H30ClN5O4.C19H13Cl2N3O2/c1-28(2,3)38-27(35)34-11-9-33(10-12-34)25-22-16-30-23(15-24(22)31-26(29)32-25)21-14-19(37-17-36-4)13-18-7-5-6-8-20(18)21;1-25-10-26-12-6-11-4-2-3-5-13(11)14(7-12)16-8-17-15(9-22-16)18(20)24-19(21)23-17/h5-8,13-16H,9-12,17H2,1-4H3;2-9H,10H2,1H3. The molecule has 17 heteroatoms. The molecular formula is C47H43Cl3N8O6. The van der Waals surface area contributed by atoms with Crippen LogP contribution >= 0.6 is 34.8 Å². The molecular weight excluding hydrogens is 879 g/mol. The number of ether oxygens (including phenoxy) is 5. The van der Waals surface area contributed by atoms with Crippen molar-refractivity contribution in [3.8, 4) is 34.0 Å². The maximum absolute atomic E-state index is 12.5. The van der Waals surface area contributed by atoms with Crippen molar-refractivity contribution in [3.05, 3.63) is 113 Å². The number of hydrogen-bond donors (Lipinski definition) is 0. The Bertz CT molecular complexity index is 3000. The Balaban J connectivity index is 0.000000188. The summed E-state index contributed by atoms with van der Waals surface area (Å²) in [5.41, 5.74) is 4.10. The molecule has 0 N–H and O–H groups in total. The number of rotatable bonds is 9. The van der Waals surface area contributed by atoms with Crippen LogP contribution in [0.25, 0.3) is 65.9 Å². The van der Waals surface area contributed by atoms with Gasteiger partial charge in [0.2, 0.25) is 10.6 Å². The van der Waals surface area contributed by atoms with Crippen molar-refractivity contribution in [2.24, 2.45) is 0 Å². The van der Waals surface area contributed by atoms with Crippen LogP contribution in [-0.2, 0) is 14.2 Å². The number of aromatic nitrogens is 6. The summed E-state index contributed by atoms with van der Waals surface area (Å²) in [4.78, 5) is 42.9. The zero-order chi connectivity index (χ0) is 45.0. The van der Waals surface area contributed by atoms with E-state index in [0.717, 1.165) is 49.4 Å². The topological polar surface area (TPSA) is 147 Å². The van der Waals surface area contributed by atoms with Crippen LogP contribution in [0.4, 0.5) is 10.6 Å². The van der Waals surface area contributed by atoms with Crippen LogP contribution in [0.5, 0.6) is 11.5 Å². The van der Waals surface area contributed by atoms with Gasteiger partial charge in [0, 0.05) is 63.9 Å². The fourth-order valence-electron chi connectivity index (χ4n) is 7.32. The molecule has 4 aromatic carbocycles. The largest absolute Gasteiger partial charge is 0.468 e. The van der Waals surface area contributed by atoms with Crippen LogP contribution in [0.2, 0.25) is 15.7 Å². The molecule has 0 atom stereocenters. The number of pyridine rings is 2. The van der Waals surface area contributed by atoms with Gasteiger partial charge in [-0.2, -0.15) is 4.98 Å². The molecule has 0 aliphatic carbocycles. The van der Waals surface area contributed by atoms with Gasteiger partial charge in [-0.3, -0.25) is 9.97 Å². The smallest absolute Gasteiger partial charge is 0.410 e. The number of carbonyl (C=O) groups excluding carboxylic acids is 1. The molecule has 328 valence electrons. The minimum atomic E-state index is -0.533. The van der Waals surface area contributed by atoms with Crippen LogP contribution < -0.4 is 14.4 Å². The molecule has 0 bridgehead atoms. The molecule has 4 aromatic heterocycles. The van der Waals surface area contributed by atoms with Gasteiger partial charge in [-0.1, -0.05) is 60.1 Å². The number of benzene rings is 4. The third kappa shape index (κ3) is 10.1. The van der Waals surface area contributed by atoms with Gasteiger partial charge in [-0.25, -0.2) is 19.7 Å². The Morgan fingerprint density at radius 3 is 1.66 bits per heavy atom. The highest BCUT2D eigenvalue weighted by molar-refractivity contribution is 6.35. The number of fused-ring (bicyclic) bond motifs is 4. The first kappa shape index (κ1) is 44.4. The molecule has 9 rings (SSSR count). The summed E-state index contributed by atoms with van der Waals surface area (Å²) in [6.45, 7) is 8.13. The molecule has 5 heterocycles. The van der Waals surface area contributed by atoms with E-state index < -0.39 is 5.60 Å². The predicted molar refractivity (Wildman–Crippen MR) is 251 cm³/mol. The van der Waals surface area contributed by atoms with Crippen LogP contribution in [0, 0.1) is 0 Å². The third-order valence-electron chi connectivity index (χ3n) is 10.2. The molecule has 1 saturated heterocycles. The van der Waals surface area contributed by atoms with E-state index in [0.29, 0.717) is 59.9 Å². The molecule has 0 spiro atoms. The lowest BCUT2D eigenvalue weighted by atomic mass is 10.0. The van der Waals surface area contributed by atoms with Gasteiger partial charge >= 0.3 is 6.09 Å². The molecule has 1 amide bonds. The van der Waals surface area contributed by atoms with Gasteiger partial charge in [0.25, 0.3) is 0 Å². The number of nitrogens with zero attached hydrogens (tertiary/aromatic N) is 8. The zero-order valence-electron chi connectivity index (χ0n) is 35.6. The van der Waals surface area contributed by atoms with Gasteiger partial charge in [0.05, 0.1) is 33.2 Å². The number of amides is 1. The molecule has 0 saturated carbocycles. The number of piperazine rings is 1. The molecule has 0 radical (unpaired) electrons. The fourth-order valence-corrected chi connectivity index (χ4v) is 7.93. The zero-order valence-corrected chi connectivity index (χ0v) is 37.9. The Kier molecular flexibility index (Phi) is 13.4. The van der Waals surface area contributed by atoms with E-state index in [1.165, 1.54) is 0 Å². The second kappa shape index (κ2) is 19.3. The molecule has 1 fully saturated rings. The lowest BCUT2D eigenvalue weighted by molar-refractivity contribution is 0.0240. The summed E-state index contributed by atoms with van der Waals surface area (Å²) in [5, 5.41) is 6.14. The van der Waals surface area contributed by atoms with Crippen molar-refractivity contribution in [3.63, 3.8) is 0 Å². The SMILES string of the molecule is COCOc1cc(-c2cc3nc(Cl)nc(Cl)c3cn2)c2ccccc2c1.COCOc1cc(-c2cc3nc(Cl)nc(N4CCN(C(=O)OC(C)(C)C)CC4)c3cn2)c2ccccc2c1. The van der Waals surface area contributed by atoms with Crippen LogP contribution in [-0.4, -0.2) is 100 Å². The van der Waals surface area contributed by atoms with Gasteiger partial charge in [-0.15, -0.1) is 0 Å². The van der Waals surface area contributed by atoms with Crippen molar-refractivity contribution in [1.82, 2.24) is 34.8 Å². The third-order valence-corrected chi connectivity index (χ3v) is 10.8. The highest BCUT2D eigenvalue weighted by Crippen LogP contribution is 2.36. The second-order valence-electron chi connectivity index (χ2n) is 15.7. The van der Waals surface area contributed by atoms with Crippen LogP contribution in [0.15, 0.2) is 97.3 Å². The molecule has 8 aromatic rings. The normalized spacial score (nSPS) is 13.0. The van der Waals surface area contributed by atoms with Crippen LogP contribution in [0.3, 0.4) is 0 Å². The van der Waals surface area contributed by atoms with Crippen molar-refractivity contribution in [2.45, 2.75) is 26.4 Å². The number of carbonyl (C=O) groups is 1. The van der Waals surface area contributed by atoms with Crippen molar-refractivity contribution in [2.75, 3.05) is 58.9 Å². The van der Waals surface area contributed by atoms with E-state index in [9.17, 15) is 4.79 Å². The average molecular weight is 922 g/mol. The minimum Gasteiger partial charge on any atom is -0.468 e. The summed E-state index contributed by atoms with van der Waals surface area (Å²) in [5.74, 6) is 2.08. The summed E-state index contributed by atoms with van der Waals surface area (Å²) in [6.07, 6.45) is 3.13. The molecule has 64 heavy (non-hydrogen) atoms. The molecule has 14 nitrogen and oxygen atoms in total. The Labute approximate surface area is 384 Å². The van der Waals surface area contributed by atoms with Crippen molar-refractivity contribution >= 4 is 90.1 Å². The summed E-state index contributed by atoms with van der Waals surface area (Å²) in [6, 6.07) is 27.7. The lowest BCUT2D eigenvalue weighted by Gasteiger charge is -2.36. The first-order valence-electron chi connectivity index (χ1n) is 20.2. The van der Waals surface area contributed by atoms with E-state index in [1.54, 1.807) is 31.5 Å². The van der Waals surface area contributed by atoms with Gasteiger partial charge in [0.1, 0.15) is 28.1 Å². The van der Waals surface area contributed by atoms with E-state index in [4.69, 9.17) is 63.5 Å². The maximum Gasteiger partial charge on any atom is 0.410 e. The molecule has 0 unspecified atom stereocenters. The second-order valence-corrected chi connectivity index (χ2v) is 16.7. The minimum absolute atomic E-state index is 0.0988. The maximum atomic E-state index is 12.5. The molecule has 1 aliphatic rings. The van der Waals surface area contributed by atoms with E-state index in [-0.39, 0.29) is 35.4 Å². The van der Waals surface area contributed by atoms with E-state index in [1.807, 2.05) is 99.6 Å². The van der Waals surface area contributed by atoms with Gasteiger partial charge in [0.15, 0.2) is 13.6 Å². The first-order valence-corrected chi connectivity index (χ1v) is 21.4. The number of anilines is 1. The monoisotopic (exact) mass is 920 g/mol. The summed E-state index contributed by atoms with van der Waals surface area (Å²) < 4.78 is 27.0. The number of methoxy groups -OCH3 is 2. The average Bonchev–Trinajstić information content (AvgIpc) is 3.28. The fraction of sp³-hybridized carbons (Fsp3) is 0.255. The van der Waals surface area contributed by atoms with Crippen molar-refractivity contribution < 1.29 is 28.5 Å². The van der Waals surface area contributed by atoms with E-state index in [2.05, 4.69) is 35.9 Å². The van der Waals surface area contributed by atoms with E-state index >= 15 is 0 Å². The number of hydrogen-bond acceptors (Lipinski definition) is 13. The van der Waals surface area contributed by atoms with Crippen molar-refractivity contribution in [1.29, 1.82) is 0 Å². The van der Waals surface area contributed by atoms with Gasteiger partial charge in [-0.05, 0) is 102 Å². The van der Waals surface area contributed by atoms with Crippen LogP contribution in [0.1, 0.15) is 20.8 Å². The molecule has 1 aliphatic heterocycles.